The second-order valence-electron chi connectivity index (χ2n) is 6.46. The van der Waals surface area contributed by atoms with Crippen molar-refractivity contribution in [2.75, 3.05) is 11.1 Å². The van der Waals surface area contributed by atoms with E-state index in [0.717, 1.165) is 16.1 Å². The van der Waals surface area contributed by atoms with Crippen LogP contribution in [0, 0.1) is 6.92 Å². The monoisotopic (exact) mass is 460 g/mol. The molecule has 30 heavy (non-hydrogen) atoms. The maximum Gasteiger partial charge on any atom is 0.307 e. The lowest BCUT2D eigenvalue weighted by Crippen LogP contribution is -2.15. The fraction of sp³-hybridized carbons (Fsp3) is 0.227. The van der Waals surface area contributed by atoms with Crippen molar-refractivity contribution in [3.8, 4) is 0 Å². The van der Waals surface area contributed by atoms with E-state index in [2.05, 4.69) is 10.3 Å². The van der Waals surface area contributed by atoms with Crippen molar-refractivity contribution >= 4 is 52.3 Å². The Morgan fingerprint density at radius 3 is 2.73 bits per heavy atom. The largest absolute Gasteiger partial charge is 0.459 e. The van der Waals surface area contributed by atoms with Gasteiger partial charge < -0.3 is 10.1 Å². The number of amides is 1. The highest BCUT2D eigenvalue weighted by Gasteiger charge is 2.11. The van der Waals surface area contributed by atoms with Crippen LogP contribution in [-0.2, 0) is 27.4 Å². The minimum Gasteiger partial charge on any atom is -0.459 e. The molecular formula is C22H21ClN2O3S2. The highest BCUT2D eigenvalue weighted by molar-refractivity contribution is 7.99. The van der Waals surface area contributed by atoms with E-state index in [4.69, 9.17) is 16.3 Å². The molecule has 0 aliphatic rings. The van der Waals surface area contributed by atoms with Gasteiger partial charge in [0.05, 0.1) is 23.6 Å². The summed E-state index contributed by atoms with van der Waals surface area (Å²) < 4.78 is 5.28. The highest BCUT2D eigenvalue weighted by Crippen LogP contribution is 2.27. The Kier molecular flexibility index (Phi) is 8.30. The molecule has 0 atom stereocenters. The van der Waals surface area contributed by atoms with Gasteiger partial charge in [-0.2, -0.15) is 0 Å². The Morgan fingerprint density at radius 1 is 1.17 bits per heavy atom. The summed E-state index contributed by atoms with van der Waals surface area (Å²) >= 11 is 9.00. The van der Waals surface area contributed by atoms with Crippen molar-refractivity contribution in [3.63, 3.8) is 0 Å². The lowest BCUT2D eigenvalue weighted by Gasteiger charge is -2.06. The second kappa shape index (κ2) is 11.2. The number of halogens is 1. The molecule has 0 fully saturated rings. The summed E-state index contributed by atoms with van der Waals surface area (Å²) in [7, 11) is 0. The molecule has 3 rings (SSSR count). The number of aromatic nitrogens is 1. The number of hydrogen-bond acceptors (Lipinski definition) is 6. The van der Waals surface area contributed by atoms with E-state index < -0.39 is 0 Å². The van der Waals surface area contributed by atoms with Crippen LogP contribution in [0.15, 0.2) is 58.8 Å². The molecule has 1 amide bonds. The predicted octanol–water partition coefficient (Wildman–Crippen LogP) is 5.51. The Balaban J connectivity index is 1.39. The molecule has 0 saturated heterocycles. The van der Waals surface area contributed by atoms with Gasteiger partial charge in [-0.1, -0.05) is 41.9 Å². The average Bonchev–Trinajstić information content (AvgIpc) is 3.17. The lowest BCUT2D eigenvalue weighted by molar-refractivity contribution is -0.144. The van der Waals surface area contributed by atoms with Crippen LogP contribution in [0.25, 0.3) is 0 Å². The molecule has 1 heterocycles. The molecule has 5 nitrogen and oxygen atoms in total. The fourth-order valence-electron chi connectivity index (χ4n) is 2.57. The van der Waals surface area contributed by atoms with E-state index in [0.29, 0.717) is 21.5 Å². The molecule has 2 aromatic carbocycles. The molecule has 8 heteroatoms. The third-order valence-corrected chi connectivity index (χ3v) is 6.53. The third-order valence-electron chi connectivity index (χ3n) is 4.11. The van der Waals surface area contributed by atoms with Gasteiger partial charge in [0, 0.05) is 21.7 Å². The Labute approximate surface area is 188 Å². The zero-order chi connectivity index (χ0) is 21.3. The number of para-hydroxylation sites is 1. The van der Waals surface area contributed by atoms with Crippen LogP contribution in [0.4, 0.5) is 5.69 Å². The molecule has 0 bridgehead atoms. The Morgan fingerprint density at radius 2 is 1.93 bits per heavy atom. The van der Waals surface area contributed by atoms with Gasteiger partial charge in [-0.3, -0.25) is 9.59 Å². The number of carbonyl (C=O) groups is 2. The van der Waals surface area contributed by atoms with Gasteiger partial charge in [-0.05, 0) is 30.7 Å². The summed E-state index contributed by atoms with van der Waals surface area (Å²) in [5.74, 6) is 0.171. The number of anilines is 1. The van der Waals surface area contributed by atoms with E-state index in [1.165, 1.54) is 23.1 Å². The van der Waals surface area contributed by atoms with E-state index in [9.17, 15) is 9.59 Å². The summed E-state index contributed by atoms with van der Waals surface area (Å²) in [5.41, 5.74) is 2.44. The maximum atomic E-state index is 12.2. The number of esters is 1. The number of thioether (sulfide) groups is 1. The Hall–Kier alpha value is -2.35. The number of nitrogens with one attached hydrogen (secondary N) is 1. The molecular weight excluding hydrogens is 440 g/mol. The van der Waals surface area contributed by atoms with Gasteiger partial charge >= 0.3 is 5.97 Å². The standard InChI is InChI=1S/C22H21ClN2O3S2/c1-15-6-2-4-8-18(15)25-20(26)12-21-24-16(14-30-21)13-28-22(27)10-11-29-19-9-5-3-7-17(19)23/h2-9,14H,10-13H2,1H3,(H,25,26). The first-order chi connectivity index (χ1) is 14.5. The molecule has 1 aromatic heterocycles. The quantitative estimate of drug-likeness (QED) is 0.336. The van der Waals surface area contributed by atoms with Gasteiger partial charge in [-0.25, -0.2) is 4.98 Å². The third kappa shape index (κ3) is 6.86. The number of hydrogen-bond donors (Lipinski definition) is 1. The van der Waals surface area contributed by atoms with E-state index in [1.807, 2.05) is 60.8 Å². The summed E-state index contributed by atoms with van der Waals surface area (Å²) in [5, 5.41) is 6.06. The number of carbonyl (C=O) groups excluding carboxylic acids is 2. The molecule has 0 unspecified atom stereocenters. The molecule has 3 aromatic rings. The number of thiazole rings is 1. The van der Waals surface area contributed by atoms with Gasteiger partial charge in [0.2, 0.25) is 5.91 Å². The smallest absolute Gasteiger partial charge is 0.307 e. The molecule has 1 N–H and O–H groups in total. The first kappa shape index (κ1) is 22.3. The summed E-state index contributed by atoms with van der Waals surface area (Å²) in [6.45, 7) is 2.05. The number of ether oxygens (including phenoxy) is 1. The van der Waals surface area contributed by atoms with Gasteiger partial charge in [0.25, 0.3) is 0 Å². The van der Waals surface area contributed by atoms with Crippen LogP contribution in [0.2, 0.25) is 5.02 Å². The molecule has 0 radical (unpaired) electrons. The van der Waals surface area contributed by atoms with Crippen LogP contribution in [0.1, 0.15) is 22.7 Å². The molecule has 0 aliphatic carbocycles. The lowest BCUT2D eigenvalue weighted by atomic mass is 10.2. The first-order valence-corrected chi connectivity index (χ1v) is 11.6. The first-order valence-electron chi connectivity index (χ1n) is 9.33. The van der Waals surface area contributed by atoms with Crippen LogP contribution < -0.4 is 5.32 Å². The predicted molar refractivity (Wildman–Crippen MR) is 122 cm³/mol. The van der Waals surface area contributed by atoms with Crippen molar-refractivity contribution in [1.82, 2.24) is 4.98 Å². The van der Waals surface area contributed by atoms with Crippen molar-refractivity contribution in [2.24, 2.45) is 0 Å². The zero-order valence-corrected chi connectivity index (χ0v) is 18.8. The minimum absolute atomic E-state index is 0.103. The van der Waals surface area contributed by atoms with Crippen LogP contribution in [0.5, 0.6) is 0 Å². The summed E-state index contributed by atoms with van der Waals surface area (Å²) in [4.78, 5) is 29.5. The number of nitrogens with zero attached hydrogens (tertiary/aromatic N) is 1. The number of rotatable bonds is 9. The second-order valence-corrected chi connectivity index (χ2v) is 8.95. The zero-order valence-electron chi connectivity index (χ0n) is 16.4. The van der Waals surface area contributed by atoms with Crippen LogP contribution >= 0.6 is 34.7 Å². The molecule has 0 spiro atoms. The number of aryl methyl sites for hydroxylation is 1. The van der Waals surface area contributed by atoms with E-state index >= 15 is 0 Å². The highest BCUT2D eigenvalue weighted by atomic mass is 35.5. The van der Waals surface area contributed by atoms with E-state index in [-0.39, 0.29) is 31.3 Å². The Bertz CT molecular complexity index is 1020. The van der Waals surface area contributed by atoms with Crippen molar-refractivity contribution in [1.29, 1.82) is 0 Å². The van der Waals surface area contributed by atoms with Crippen molar-refractivity contribution < 1.29 is 14.3 Å². The maximum absolute atomic E-state index is 12.2. The molecule has 0 aliphatic heterocycles. The van der Waals surface area contributed by atoms with Crippen molar-refractivity contribution in [2.45, 2.75) is 31.3 Å². The normalized spacial score (nSPS) is 10.6. The molecule has 0 saturated carbocycles. The minimum atomic E-state index is -0.290. The number of benzene rings is 2. The van der Waals surface area contributed by atoms with Gasteiger partial charge in [0.1, 0.15) is 11.6 Å². The SMILES string of the molecule is Cc1ccccc1NC(=O)Cc1nc(COC(=O)CCSc2ccccc2Cl)cs1. The van der Waals surface area contributed by atoms with Crippen molar-refractivity contribution in [3.05, 3.63) is 75.2 Å². The van der Waals surface area contributed by atoms with Gasteiger partial charge in [-0.15, -0.1) is 23.1 Å². The van der Waals surface area contributed by atoms with E-state index in [1.54, 1.807) is 0 Å². The fourth-order valence-corrected chi connectivity index (χ4v) is 4.52. The topological polar surface area (TPSA) is 68.3 Å². The average molecular weight is 461 g/mol. The van der Waals surface area contributed by atoms with Crippen LogP contribution in [0.3, 0.4) is 0 Å². The van der Waals surface area contributed by atoms with Gasteiger partial charge in [0.15, 0.2) is 0 Å². The summed E-state index contributed by atoms with van der Waals surface area (Å²) in [6, 6.07) is 15.1. The molecule has 156 valence electrons. The van der Waals surface area contributed by atoms with Crippen LogP contribution in [-0.4, -0.2) is 22.6 Å². The summed E-state index contributed by atoms with van der Waals surface area (Å²) in [6.07, 6.45) is 0.465.